The molecule has 0 fully saturated rings. The number of thiol groups is 1. The predicted molar refractivity (Wildman–Crippen MR) is 49.4 cm³/mol. The average molecular weight is 208 g/mol. The van der Waals surface area contributed by atoms with Crippen molar-refractivity contribution in [3.05, 3.63) is 10.6 Å². The van der Waals surface area contributed by atoms with E-state index in [1.54, 1.807) is 0 Å². The first kappa shape index (κ1) is 9.24. The molecule has 0 rings (SSSR count). The minimum Gasteiger partial charge on any atom is -0.250 e. The van der Waals surface area contributed by atoms with Crippen molar-refractivity contribution >= 4 is 33.2 Å². The van der Waals surface area contributed by atoms with Gasteiger partial charge in [0, 0.05) is 5.70 Å². The maximum absolute atomic E-state index is 4.12. The highest BCUT2D eigenvalue weighted by Gasteiger charge is 1.87. The molecule has 0 aromatic carbocycles. The Morgan fingerprint density at radius 2 is 1.78 bits per heavy atom. The molecule has 0 aliphatic heterocycles. The molecule has 0 saturated heterocycles. The molecule has 0 atom stereocenters. The van der Waals surface area contributed by atoms with Crippen LogP contribution in [0.2, 0.25) is 0 Å². The molecule has 0 saturated carbocycles. The van der Waals surface area contributed by atoms with Crippen LogP contribution in [0.15, 0.2) is 15.6 Å². The molecule has 3 heteroatoms. The van der Waals surface area contributed by atoms with E-state index in [4.69, 9.17) is 0 Å². The third-order valence-corrected chi connectivity index (χ3v) is 1.35. The zero-order valence-electron chi connectivity index (χ0n) is 5.77. The Hall–Kier alpha value is 0.240. The Bertz CT molecular complexity index is 152. The van der Waals surface area contributed by atoms with Crippen LogP contribution in [-0.2, 0) is 0 Å². The van der Waals surface area contributed by atoms with Gasteiger partial charge in [0.1, 0.15) is 0 Å². The maximum atomic E-state index is 4.12. The number of aliphatic imine (C=N–C) groups is 1. The molecular formula is C6H10BrNS. The van der Waals surface area contributed by atoms with Crippen LogP contribution in [0.4, 0.5) is 0 Å². The first-order valence-electron chi connectivity index (χ1n) is 2.61. The number of hydrogen-bond donors (Lipinski definition) is 1. The second kappa shape index (κ2) is 4.12. The van der Waals surface area contributed by atoms with Crippen LogP contribution in [-0.4, -0.2) is 4.62 Å². The van der Waals surface area contributed by atoms with E-state index >= 15 is 0 Å². The number of nitrogens with zero attached hydrogens (tertiary/aromatic N) is 1. The smallest absolute Gasteiger partial charge is 0.0801 e. The second-order valence-electron chi connectivity index (χ2n) is 1.78. The van der Waals surface area contributed by atoms with Gasteiger partial charge in [0.15, 0.2) is 0 Å². The van der Waals surface area contributed by atoms with Crippen molar-refractivity contribution in [2.75, 3.05) is 0 Å². The molecule has 0 spiro atoms. The van der Waals surface area contributed by atoms with Crippen molar-refractivity contribution in [2.24, 2.45) is 4.99 Å². The van der Waals surface area contributed by atoms with Gasteiger partial charge in [-0.1, -0.05) is 0 Å². The number of rotatable bonds is 1. The average Bonchev–Trinajstić information content (AvgIpc) is 1.63. The van der Waals surface area contributed by atoms with Crippen molar-refractivity contribution < 1.29 is 0 Å². The normalized spacial score (nSPS) is 15.4. The van der Waals surface area contributed by atoms with Crippen molar-refractivity contribution in [1.82, 2.24) is 0 Å². The fourth-order valence-electron chi connectivity index (χ4n) is 0.312. The quantitative estimate of drug-likeness (QED) is 0.502. The minimum absolute atomic E-state index is 0.883. The minimum atomic E-state index is 0.883. The highest BCUT2D eigenvalue weighted by molar-refractivity contribution is 9.18. The van der Waals surface area contributed by atoms with Gasteiger partial charge >= 0.3 is 0 Å². The summed E-state index contributed by atoms with van der Waals surface area (Å²) < 4.78 is 0.883. The number of halogens is 1. The lowest BCUT2D eigenvalue weighted by molar-refractivity contribution is 1.28. The van der Waals surface area contributed by atoms with Gasteiger partial charge in [-0.25, -0.2) is 0 Å². The van der Waals surface area contributed by atoms with Gasteiger partial charge in [-0.2, -0.15) is 0 Å². The van der Waals surface area contributed by atoms with Gasteiger partial charge in [-0.05, 0) is 41.6 Å². The van der Waals surface area contributed by atoms with Crippen molar-refractivity contribution in [2.45, 2.75) is 20.8 Å². The van der Waals surface area contributed by atoms with Crippen LogP contribution in [0.5, 0.6) is 0 Å². The van der Waals surface area contributed by atoms with Crippen molar-refractivity contribution in [1.29, 1.82) is 0 Å². The van der Waals surface area contributed by atoms with Crippen LogP contribution in [0.25, 0.3) is 0 Å². The summed E-state index contributed by atoms with van der Waals surface area (Å²) >= 11 is 7.34. The topological polar surface area (TPSA) is 12.4 Å². The lowest BCUT2D eigenvalue weighted by Gasteiger charge is -1.93. The molecule has 9 heavy (non-hydrogen) atoms. The molecule has 0 aromatic rings. The van der Waals surface area contributed by atoms with Crippen LogP contribution < -0.4 is 0 Å². The van der Waals surface area contributed by atoms with Gasteiger partial charge in [-0.3, -0.25) is 4.99 Å². The summed E-state index contributed by atoms with van der Waals surface area (Å²) in [6, 6.07) is 0. The number of allylic oxidation sites excluding steroid dienone is 2. The molecule has 1 nitrogen and oxygen atoms in total. The van der Waals surface area contributed by atoms with Crippen molar-refractivity contribution in [3.8, 4) is 0 Å². The molecule has 0 bridgehead atoms. The first-order valence-corrected chi connectivity index (χ1v) is 3.85. The molecule has 0 radical (unpaired) electrons. The molecule has 0 aliphatic rings. The third kappa shape index (κ3) is 4.73. The molecule has 0 unspecified atom stereocenters. The lowest BCUT2D eigenvalue weighted by atomic mass is 10.5. The van der Waals surface area contributed by atoms with E-state index in [0.29, 0.717) is 0 Å². The van der Waals surface area contributed by atoms with Gasteiger partial charge in [-0.15, -0.1) is 12.6 Å². The van der Waals surface area contributed by atoms with Gasteiger partial charge in [0.25, 0.3) is 0 Å². The Labute approximate surface area is 69.8 Å². The Morgan fingerprint density at radius 1 is 1.33 bits per heavy atom. The predicted octanol–water partition coefficient (Wildman–Crippen LogP) is 2.98. The van der Waals surface area contributed by atoms with Crippen LogP contribution >= 0.6 is 28.6 Å². The SMILES string of the molecule is CC(Br)=N/C(C)=C(/C)S. The van der Waals surface area contributed by atoms with Crippen LogP contribution in [0.3, 0.4) is 0 Å². The van der Waals surface area contributed by atoms with E-state index in [1.807, 2.05) is 20.8 Å². The van der Waals surface area contributed by atoms with Crippen LogP contribution in [0.1, 0.15) is 20.8 Å². The monoisotopic (exact) mass is 207 g/mol. The lowest BCUT2D eigenvalue weighted by Crippen LogP contribution is -1.77. The first-order chi connectivity index (χ1) is 4.04. The summed E-state index contributed by atoms with van der Waals surface area (Å²) in [4.78, 5) is 5.07. The van der Waals surface area contributed by atoms with E-state index in [0.717, 1.165) is 15.2 Å². The zero-order chi connectivity index (χ0) is 7.44. The third-order valence-electron chi connectivity index (χ3n) is 0.845. The highest BCUT2D eigenvalue weighted by atomic mass is 79.9. The molecule has 52 valence electrons. The molecule has 0 aliphatic carbocycles. The molecule has 0 heterocycles. The zero-order valence-corrected chi connectivity index (χ0v) is 8.25. The Morgan fingerprint density at radius 3 is 1.89 bits per heavy atom. The fraction of sp³-hybridized carbons (Fsp3) is 0.500. The van der Waals surface area contributed by atoms with E-state index in [2.05, 4.69) is 33.6 Å². The number of hydrogen-bond acceptors (Lipinski definition) is 2. The standard InChI is InChI=1S/C6H10BrNS/c1-4(5(2)9)8-6(3)7/h9H,1-3H3/b5-4-,8-6?. The van der Waals surface area contributed by atoms with E-state index in [-0.39, 0.29) is 0 Å². The fourth-order valence-corrected chi connectivity index (χ4v) is 0.628. The molecule has 0 aromatic heterocycles. The summed E-state index contributed by atoms with van der Waals surface area (Å²) in [5, 5.41) is 0. The summed E-state index contributed by atoms with van der Waals surface area (Å²) in [5.74, 6) is 0. The second-order valence-corrected chi connectivity index (χ2v) is 3.60. The summed E-state index contributed by atoms with van der Waals surface area (Å²) in [7, 11) is 0. The Balaban J connectivity index is 4.25. The maximum Gasteiger partial charge on any atom is 0.0801 e. The summed E-state index contributed by atoms with van der Waals surface area (Å²) in [6.45, 7) is 5.73. The summed E-state index contributed by atoms with van der Waals surface area (Å²) in [6.07, 6.45) is 0. The molecule has 0 amide bonds. The summed E-state index contributed by atoms with van der Waals surface area (Å²) in [5.41, 5.74) is 0.952. The van der Waals surface area contributed by atoms with E-state index < -0.39 is 0 Å². The molecular weight excluding hydrogens is 198 g/mol. The van der Waals surface area contributed by atoms with Crippen molar-refractivity contribution in [3.63, 3.8) is 0 Å². The molecule has 0 N–H and O–H groups in total. The van der Waals surface area contributed by atoms with Crippen LogP contribution in [0, 0.1) is 0 Å². The Kier molecular flexibility index (Phi) is 4.23. The van der Waals surface area contributed by atoms with E-state index in [9.17, 15) is 0 Å². The highest BCUT2D eigenvalue weighted by Crippen LogP contribution is 2.09. The van der Waals surface area contributed by atoms with Gasteiger partial charge < -0.3 is 0 Å². The van der Waals surface area contributed by atoms with Gasteiger partial charge in [0.2, 0.25) is 0 Å². The van der Waals surface area contributed by atoms with Gasteiger partial charge in [0.05, 0.1) is 4.62 Å². The van der Waals surface area contributed by atoms with E-state index in [1.165, 1.54) is 0 Å². The largest absolute Gasteiger partial charge is 0.250 e.